The lowest BCUT2D eigenvalue weighted by Crippen LogP contribution is -2.27. The summed E-state index contributed by atoms with van der Waals surface area (Å²) >= 11 is 3.60. The minimum atomic E-state index is -0.194. The van der Waals surface area contributed by atoms with Crippen molar-refractivity contribution >= 4 is 35.1 Å². The van der Waals surface area contributed by atoms with Gasteiger partial charge in [-0.1, -0.05) is 13.8 Å². The highest BCUT2D eigenvalue weighted by molar-refractivity contribution is 8.25. The van der Waals surface area contributed by atoms with Gasteiger partial charge in [-0.25, -0.2) is 0 Å². The summed E-state index contributed by atoms with van der Waals surface area (Å²) in [6.07, 6.45) is 1.71. The van der Waals surface area contributed by atoms with E-state index in [9.17, 15) is 9.59 Å². The Labute approximate surface area is 110 Å². The molecule has 1 heterocycles. The van der Waals surface area contributed by atoms with Crippen LogP contribution in [0.15, 0.2) is 9.81 Å². The molecule has 0 aromatic carbocycles. The van der Waals surface area contributed by atoms with E-state index in [1.807, 2.05) is 0 Å². The second-order valence-electron chi connectivity index (χ2n) is 5.74. The molecule has 0 aromatic rings. The Morgan fingerprint density at radius 1 is 1.00 bits per heavy atom. The van der Waals surface area contributed by atoms with Gasteiger partial charge in [0.2, 0.25) is 0 Å². The van der Waals surface area contributed by atoms with Crippen LogP contribution in [0.1, 0.15) is 33.1 Å². The maximum Gasteiger partial charge on any atom is 0.161 e. The van der Waals surface area contributed by atoms with Crippen molar-refractivity contribution in [2.75, 3.05) is 11.5 Å². The molecule has 0 aromatic heterocycles. The predicted octanol–water partition coefficient (Wildman–Crippen LogP) is 3.03. The van der Waals surface area contributed by atoms with E-state index in [0.717, 1.165) is 17.1 Å². The normalized spacial score (nSPS) is 41.5. The summed E-state index contributed by atoms with van der Waals surface area (Å²) in [5.74, 6) is 2.81. The predicted molar refractivity (Wildman–Crippen MR) is 72.0 cm³/mol. The van der Waals surface area contributed by atoms with Gasteiger partial charge in [0.1, 0.15) is 5.78 Å². The van der Waals surface area contributed by atoms with Crippen molar-refractivity contribution in [3.8, 4) is 0 Å². The van der Waals surface area contributed by atoms with E-state index in [-0.39, 0.29) is 10.8 Å². The Kier molecular flexibility index (Phi) is 2.54. The fourth-order valence-electron chi connectivity index (χ4n) is 3.49. The topological polar surface area (TPSA) is 34.1 Å². The van der Waals surface area contributed by atoms with Crippen LogP contribution in [0.2, 0.25) is 0 Å². The van der Waals surface area contributed by atoms with Crippen LogP contribution >= 0.6 is 23.5 Å². The standard InChI is InChI=1S/C13H16O2S2/c1-12-5-8(14)6-13(12,2)10(9(15)7-12)11-16-3-4-17-11/h3-7H2,1-2H3/t12-,13+/m1/s1. The average Bonchev–Trinajstić information content (AvgIpc) is 2.78. The molecule has 0 radical (unpaired) electrons. The van der Waals surface area contributed by atoms with Crippen molar-refractivity contribution in [2.24, 2.45) is 10.8 Å². The van der Waals surface area contributed by atoms with Crippen LogP contribution in [-0.2, 0) is 9.59 Å². The largest absolute Gasteiger partial charge is 0.300 e. The quantitative estimate of drug-likeness (QED) is 0.632. The van der Waals surface area contributed by atoms with Gasteiger partial charge in [-0.15, -0.1) is 23.5 Å². The molecule has 3 fully saturated rings. The van der Waals surface area contributed by atoms with Crippen molar-refractivity contribution < 1.29 is 9.59 Å². The number of hydrogen-bond acceptors (Lipinski definition) is 4. The molecule has 2 atom stereocenters. The third kappa shape index (κ3) is 1.49. The molecule has 17 heavy (non-hydrogen) atoms. The van der Waals surface area contributed by atoms with E-state index < -0.39 is 0 Å². The van der Waals surface area contributed by atoms with Crippen LogP contribution in [0.5, 0.6) is 0 Å². The number of allylic oxidation sites excluding steroid dienone is 1. The van der Waals surface area contributed by atoms with Gasteiger partial charge in [0.25, 0.3) is 0 Å². The fourth-order valence-corrected chi connectivity index (χ4v) is 6.33. The lowest BCUT2D eigenvalue weighted by atomic mass is 9.69. The molecule has 4 heteroatoms. The SMILES string of the molecule is C[C@]12CC(=O)C[C@@]1(C)C(=C1SCCS1)C(=O)C2. The van der Waals surface area contributed by atoms with E-state index in [4.69, 9.17) is 0 Å². The molecule has 3 rings (SSSR count). The van der Waals surface area contributed by atoms with Crippen LogP contribution in [0.3, 0.4) is 0 Å². The van der Waals surface area contributed by atoms with Crippen molar-refractivity contribution in [3.05, 3.63) is 9.81 Å². The van der Waals surface area contributed by atoms with Crippen LogP contribution in [0.4, 0.5) is 0 Å². The van der Waals surface area contributed by atoms with Crippen LogP contribution in [0, 0.1) is 10.8 Å². The van der Waals surface area contributed by atoms with E-state index in [1.165, 1.54) is 4.24 Å². The van der Waals surface area contributed by atoms with E-state index in [0.29, 0.717) is 30.8 Å². The van der Waals surface area contributed by atoms with E-state index in [2.05, 4.69) is 13.8 Å². The first-order valence-corrected chi connectivity index (χ1v) is 7.99. The summed E-state index contributed by atoms with van der Waals surface area (Å²) < 4.78 is 1.20. The molecule has 0 amide bonds. The molecule has 0 bridgehead atoms. The number of ketones is 2. The average molecular weight is 268 g/mol. The van der Waals surface area contributed by atoms with Crippen molar-refractivity contribution in [1.82, 2.24) is 0 Å². The molecule has 2 nitrogen and oxygen atoms in total. The molecule has 1 aliphatic heterocycles. The summed E-state index contributed by atoms with van der Waals surface area (Å²) in [4.78, 5) is 24.1. The molecule has 92 valence electrons. The monoisotopic (exact) mass is 268 g/mol. The van der Waals surface area contributed by atoms with Gasteiger partial charge in [-0.05, 0) is 5.41 Å². The van der Waals surface area contributed by atoms with Crippen LogP contribution < -0.4 is 0 Å². The van der Waals surface area contributed by atoms with Crippen molar-refractivity contribution in [1.29, 1.82) is 0 Å². The number of thioether (sulfide) groups is 2. The maximum absolute atomic E-state index is 12.3. The second-order valence-corrected chi connectivity index (χ2v) is 8.21. The summed E-state index contributed by atoms with van der Waals surface area (Å²) in [6.45, 7) is 4.25. The molecule has 0 unspecified atom stereocenters. The Balaban J connectivity index is 2.13. The van der Waals surface area contributed by atoms with Crippen LogP contribution in [0.25, 0.3) is 0 Å². The first-order chi connectivity index (χ1) is 7.96. The highest BCUT2D eigenvalue weighted by Crippen LogP contribution is 2.65. The van der Waals surface area contributed by atoms with Gasteiger partial charge in [0.05, 0.1) is 0 Å². The zero-order chi connectivity index (χ0) is 12.3. The van der Waals surface area contributed by atoms with Crippen LogP contribution in [-0.4, -0.2) is 23.1 Å². The summed E-state index contributed by atoms with van der Waals surface area (Å²) in [6, 6.07) is 0. The molecule has 0 spiro atoms. The van der Waals surface area contributed by atoms with Gasteiger partial charge < -0.3 is 0 Å². The highest BCUT2D eigenvalue weighted by atomic mass is 32.2. The summed E-state index contributed by atoms with van der Waals surface area (Å²) in [5, 5.41) is 0. The number of rotatable bonds is 0. The molecule has 2 aliphatic carbocycles. The smallest absolute Gasteiger partial charge is 0.161 e. The maximum atomic E-state index is 12.3. The van der Waals surface area contributed by atoms with Crippen molar-refractivity contribution in [2.45, 2.75) is 33.1 Å². The van der Waals surface area contributed by atoms with Gasteiger partial charge in [0.15, 0.2) is 5.78 Å². The van der Waals surface area contributed by atoms with Gasteiger partial charge >= 0.3 is 0 Å². The Hall–Kier alpha value is -0.220. The number of Topliss-reactive ketones (excluding diaryl/α,β-unsaturated/α-hetero) is 2. The number of carbonyl (C=O) groups excluding carboxylic acids is 2. The summed E-state index contributed by atoms with van der Waals surface area (Å²) in [5.41, 5.74) is 0.673. The third-order valence-corrected chi connectivity index (χ3v) is 7.32. The molecular weight excluding hydrogens is 252 g/mol. The molecule has 0 N–H and O–H groups in total. The lowest BCUT2D eigenvalue weighted by Gasteiger charge is -2.33. The van der Waals surface area contributed by atoms with Gasteiger partial charge in [0, 0.05) is 46.0 Å². The lowest BCUT2D eigenvalue weighted by molar-refractivity contribution is -0.119. The third-order valence-electron chi connectivity index (χ3n) is 4.61. The first-order valence-electron chi connectivity index (χ1n) is 6.02. The molecule has 2 saturated carbocycles. The first kappa shape index (κ1) is 11.8. The fraction of sp³-hybridized carbons (Fsp3) is 0.692. The number of hydrogen-bond donors (Lipinski definition) is 0. The van der Waals surface area contributed by atoms with Gasteiger partial charge in [-0.3, -0.25) is 9.59 Å². The summed E-state index contributed by atoms with van der Waals surface area (Å²) in [7, 11) is 0. The van der Waals surface area contributed by atoms with Crippen molar-refractivity contribution in [3.63, 3.8) is 0 Å². The zero-order valence-corrected chi connectivity index (χ0v) is 11.8. The Bertz CT molecular complexity index is 446. The minimum Gasteiger partial charge on any atom is -0.300 e. The number of carbonyl (C=O) groups is 2. The number of fused-ring (bicyclic) bond motifs is 1. The molecule has 3 aliphatic rings. The molecular formula is C13H16O2S2. The minimum absolute atomic E-state index is 0.118. The molecule has 1 saturated heterocycles. The Morgan fingerprint density at radius 3 is 2.29 bits per heavy atom. The zero-order valence-electron chi connectivity index (χ0n) is 10.2. The van der Waals surface area contributed by atoms with E-state index >= 15 is 0 Å². The van der Waals surface area contributed by atoms with E-state index in [1.54, 1.807) is 23.5 Å². The highest BCUT2D eigenvalue weighted by Gasteiger charge is 2.62. The van der Waals surface area contributed by atoms with Gasteiger partial charge in [-0.2, -0.15) is 0 Å². The Morgan fingerprint density at radius 2 is 1.65 bits per heavy atom. The second kappa shape index (κ2) is 3.64.